The van der Waals surface area contributed by atoms with Crippen LogP contribution in [-0.4, -0.2) is 23.2 Å². The van der Waals surface area contributed by atoms with Crippen LogP contribution in [0.2, 0.25) is 0 Å². The molecular formula is C14H18F2N2O2. The molecule has 1 aromatic rings. The SMILES string of the molecule is CC(C)(C)OC(=O)N(N)CC(=C(F)F)c1ccccc1. The maximum absolute atomic E-state index is 13.0. The highest BCUT2D eigenvalue weighted by Gasteiger charge is 2.22. The number of nitrogens with two attached hydrogens (primary N) is 1. The molecule has 6 heteroatoms. The van der Waals surface area contributed by atoms with Gasteiger partial charge in [-0.25, -0.2) is 15.6 Å². The predicted octanol–water partition coefficient (Wildman–Crippen LogP) is 3.41. The van der Waals surface area contributed by atoms with Gasteiger partial charge in [-0.3, -0.25) is 0 Å². The monoisotopic (exact) mass is 284 g/mol. The summed E-state index contributed by atoms with van der Waals surface area (Å²) in [6.07, 6.45) is -2.73. The quantitative estimate of drug-likeness (QED) is 0.526. The van der Waals surface area contributed by atoms with Crippen LogP contribution >= 0.6 is 0 Å². The summed E-state index contributed by atoms with van der Waals surface area (Å²) in [6, 6.07) is 8.03. The molecule has 2 N–H and O–H groups in total. The number of rotatable bonds is 3. The van der Waals surface area contributed by atoms with Crippen molar-refractivity contribution < 1.29 is 18.3 Å². The van der Waals surface area contributed by atoms with Gasteiger partial charge in [-0.15, -0.1) is 0 Å². The van der Waals surface area contributed by atoms with Gasteiger partial charge < -0.3 is 4.74 Å². The van der Waals surface area contributed by atoms with Crippen LogP contribution in [0.3, 0.4) is 0 Å². The van der Waals surface area contributed by atoms with Crippen molar-refractivity contribution in [3.63, 3.8) is 0 Å². The number of nitrogens with zero attached hydrogens (tertiary/aromatic N) is 1. The van der Waals surface area contributed by atoms with Crippen LogP contribution in [0.4, 0.5) is 13.6 Å². The molecule has 0 saturated carbocycles. The zero-order chi connectivity index (χ0) is 15.3. The van der Waals surface area contributed by atoms with Gasteiger partial charge in [-0.1, -0.05) is 30.3 Å². The largest absolute Gasteiger partial charge is 0.443 e. The number of benzene rings is 1. The molecule has 0 aliphatic heterocycles. The first kappa shape index (κ1) is 16.1. The number of carbonyl (C=O) groups is 1. The summed E-state index contributed by atoms with van der Waals surface area (Å²) in [4.78, 5) is 11.7. The Bertz CT molecular complexity index is 492. The number of ether oxygens (including phenoxy) is 1. The van der Waals surface area contributed by atoms with Crippen LogP contribution < -0.4 is 5.84 Å². The lowest BCUT2D eigenvalue weighted by atomic mass is 10.1. The second kappa shape index (κ2) is 6.47. The molecule has 4 nitrogen and oxygen atoms in total. The van der Waals surface area contributed by atoms with E-state index in [4.69, 9.17) is 10.6 Å². The molecule has 20 heavy (non-hydrogen) atoms. The van der Waals surface area contributed by atoms with E-state index < -0.39 is 24.3 Å². The highest BCUT2D eigenvalue weighted by molar-refractivity contribution is 5.74. The summed E-state index contributed by atoms with van der Waals surface area (Å²) >= 11 is 0. The van der Waals surface area contributed by atoms with Crippen LogP contribution in [0.5, 0.6) is 0 Å². The van der Waals surface area contributed by atoms with Crippen molar-refractivity contribution in [2.75, 3.05) is 6.54 Å². The van der Waals surface area contributed by atoms with Gasteiger partial charge in [0.25, 0.3) is 6.08 Å². The van der Waals surface area contributed by atoms with Crippen molar-refractivity contribution in [1.82, 2.24) is 5.01 Å². The van der Waals surface area contributed by atoms with Crippen LogP contribution in [0.15, 0.2) is 36.4 Å². The van der Waals surface area contributed by atoms with Crippen LogP contribution in [0.25, 0.3) is 5.57 Å². The van der Waals surface area contributed by atoms with Gasteiger partial charge in [-0.2, -0.15) is 8.78 Å². The smallest absolute Gasteiger partial charge is 0.424 e. The Morgan fingerprint density at radius 2 is 1.80 bits per heavy atom. The highest BCUT2D eigenvalue weighted by Crippen LogP contribution is 2.21. The van der Waals surface area contributed by atoms with Crippen molar-refractivity contribution in [2.24, 2.45) is 5.84 Å². The molecule has 0 atom stereocenters. The third-order valence-corrected chi connectivity index (χ3v) is 2.31. The van der Waals surface area contributed by atoms with E-state index in [0.29, 0.717) is 10.6 Å². The normalized spacial score (nSPS) is 10.9. The topological polar surface area (TPSA) is 55.6 Å². The third-order valence-electron chi connectivity index (χ3n) is 2.31. The average Bonchev–Trinajstić information content (AvgIpc) is 2.34. The van der Waals surface area contributed by atoms with E-state index in [1.807, 2.05) is 0 Å². The van der Waals surface area contributed by atoms with Crippen molar-refractivity contribution in [3.8, 4) is 0 Å². The molecule has 110 valence electrons. The summed E-state index contributed by atoms with van der Waals surface area (Å²) in [6.45, 7) is 4.58. The van der Waals surface area contributed by atoms with Gasteiger partial charge in [0.15, 0.2) is 0 Å². The van der Waals surface area contributed by atoms with Gasteiger partial charge in [0, 0.05) is 5.57 Å². The first-order chi connectivity index (χ1) is 9.20. The fourth-order valence-electron chi connectivity index (χ4n) is 1.45. The molecule has 0 bridgehead atoms. The van der Waals surface area contributed by atoms with E-state index in [9.17, 15) is 13.6 Å². The molecule has 0 unspecified atom stereocenters. The summed E-state index contributed by atoms with van der Waals surface area (Å²) in [5, 5.41) is 0.632. The van der Waals surface area contributed by atoms with E-state index in [2.05, 4.69) is 0 Å². The maximum Gasteiger partial charge on any atom is 0.424 e. The number of amides is 1. The molecule has 1 amide bonds. The van der Waals surface area contributed by atoms with Gasteiger partial charge >= 0.3 is 6.09 Å². The van der Waals surface area contributed by atoms with Crippen LogP contribution in [-0.2, 0) is 4.74 Å². The molecule has 0 saturated heterocycles. The summed E-state index contributed by atoms with van der Waals surface area (Å²) in [5.41, 5.74) is -0.731. The standard InChI is InChI=1S/C14H18F2N2O2/c1-14(2,3)20-13(19)18(17)9-11(12(15)16)10-7-5-4-6-8-10/h4-8H,9,17H2,1-3H3. The third kappa shape index (κ3) is 4.97. The van der Waals surface area contributed by atoms with Gasteiger partial charge in [0.2, 0.25) is 0 Å². The summed E-state index contributed by atoms with van der Waals surface area (Å²) in [5.74, 6) is 5.49. The fourth-order valence-corrected chi connectivity index (χ4v) is 1.45. The van der Waals surface area contributed by atoms with E-state index in [1.54, 1.807) is 39.0 Å². The van der Waals surface area contributed by atoms with Crippen LogP contribution in [0.1, 0.15) is 26.3 Å². The lowest BCUT2D eigenvalue weighted by Gasteiger charge is -2.24. The molecule has 0 spiro atoms. The zero-order valence-electron chi connectivity index (χ0n) is 11.7. The van der Waals surface area contributed by atoms with E-state index in [-0.39, 0.29) is 5.57 Å². The Kier molecular flexibility index (Phi) is 5.21. The van der Waals surface area contributed by atoms with E-state index in [1.165, 1.54) is 12.1 Å². The molecule has 0 fully saturated rings. The molecule has 0 aromatic heterocycles. The molecule has 1 aromatic carbocycles. The number of hydrogen-bond donors (Lipinski definition) is 1. The van der Waals surface area contributed by atoms with Crippen molar-refractivity contribution >= 4 is 11.7 Å². The minimum atomic E-state index is -1.88. The van der Waals surface area contributed by atoms with E-state index >= 15 is 0 Å². The molecule has 1 rings (SSSR count). The first-order valence-corrected chi connectivity index (χ1v) is 6.05. The molecule has 0 aliphatic carbocycles. The number of halogens is 2. The Hall–Kier alpha value is -1.95. The second-order valence-electron chi connectivity index (χ2n) is 5.21. The lowest BCUT2D eigenvalue weighted by molar-refractivity contribution is 0.0273. The Balaban J connectivity index is 2.84. The Morgan fingerprint density at radius 3 is 2.25 bits per heavy atom. The zero-order valence-corrected chi connectivity index (χ0v) is 11.7. The van der Waals surface area contributed by atoms with Crippen LogP contribution in [0, 0.1) is 0 Å². The Labute approximate surface area is 116 Å². The second-order valence-corrected chi connectivity index (χ2v) is 5.21. The summed E-state index contributed by atoms with van der Waals surface area (Å²) in [7, 11) is 0. The lowest BCUT2D eigenvalue weighted by Crippen LogP contribution is -2.42. The number of carbonyl (C=O) groups excluding carboxylic acids is 1. The Morgan fingerprint density at radius 1 is 1.25 bits per heavy atom. The van der Waals surface area contributed by atoms with Crippen molar-refractivity contribution in [2.45, 2.75) is 26.4 Å². The first-order valence-electron chi connectivity index (χ1n) is 6.05. The minimum Gasteiger partial charge on any atom is -0.443 e. The minimum absolute atomic E-state index is 0.307. The van der Waals surface area contributed by atoms with Crippen molar-refractivity contribution in [3.05, 3.63) is 42.0 Å². The molecule has 0 aliphatic rings. The molecular weight excluding hydrogens is 266 g/mol. The van der Waals surface area contributed by atoms with Gasteiger partial charge in [0.05, 0.1) is 6.54 Å². The van der Waals surface area contributed by atoms with Gasteiger partial charge in [0.1, 0.15) is 5.60 Å². The van der Waals surface area contributed by atoms with Crippen molar-refractivity contribution in [1.29, 1.82) is 0 Å². The molecule has 0 radical (unpaired) electrons. The number of hydrazine groups is 1. The molecule has 0 heterocycles. The maximum atomic E-state index is 13.0. The van der Waals surface area contributed by atoms with E-state index in [0.717, 1.165) is 0 Å². The van der Waals surface area contributed by atoms with Gasteiger partial charge in [-0.05, 0) is 26.3 Å². The fraction of sp³-hybridized carbons (Fsp3) is 0.357. The highest BCUT2D eigenvalue weighted by atomic mass is 19.3. The number of hydrogen-bond acceptors (Lipinski definition) is 3. The summed E-state index contributed by atoms with van der Waals surface area (Å²) < 4.78 is 31.0. The average molecular weight is 284 g/mol. The predicted molar refractivity (Wildman–Crippen MR) is 72.7 cm³/mol.